The topological polar surface area (TPSA) is 109 Å². The molecule has 6 heteroatoms. The van der Waals surface area contributed by atoms with E-state index >= 15 is 0 Å². The summed E-state index contributed by atoms with van der Waals surface area (Å²) >= 11 is 0. The van der Waals surface area contributed by atoms with Gasteiger partial charge in [-0.25, -0.2) is 4.98 Å². The number of ketones is 1. The van der Waals surface area contributed by atoms with Crippen LogP contribution in [0.5, 0.6) is 0 Å². The second-order valence-electron chi connectivity index (χ2n) is 2.89. The van der Waals surface area contributed by atoms with Crippen molar-refractivity contribution in [3.05, 3.63) is 18.2 Å². The fourth-order valence-electron chi connectivity index (χ4n) is 0.790. The minimum atomic E-state index is -1.06. The van der Waals surface area contributed by atoms with Crippen molar-refractivity contribution in [3.8, 4) is 0 Å². The molecule has 0 aliphatic heterocycles. The number of nitrogens with two attached hydrogens (primary N) is 1. The number of aliphatic carboxylic acids is 1. The Morgan fingerprint density at radius 2 is 2.27 bits per heavy atom. The Labute approximate surface area is 87.5 Å². The molecular weight excluding hydrogens is 198 g/mol. The molecule has 1 heterocycles. The van der Waals surface area contributed by atoms with Crippen molar-refractivity contribution in [2.45, 2.75) is 19.8 Å². The third-order valence-electron chi connectivity index (χ3n) is 1.37. The second kappa shape index (κ2) is 7.69. The largest absolute Gasteiger partial charge is 0.481 e. The molecule has 0 radical (unpaired) electrons. The number of Topliss-reactive ketones (excluding diaryl/α,β-unsaturated/α-hetero) is 1. The lowest BCUT2D eigenvalue weighted by Crippen LogP contribution is -2.02. The molecule has 0 atom stereocenters. The Morgan fingerprint density at radius 1 is 1.60 bits per heavy atom. The van der Waals surface area contributed by atoms with Crippen molar-refractivity contribution < 1.29 is 14.7 Å². The maximum atomic E-state index is 9.87. The van der Waals surface area contributed by atoms with Gasteiger partial charge in [-0.2, -0.15) is 0 Å². The van der Waals surface area contributed by atoms with E-state index in [1.54, 1.807) is 12.5 Å². The SMILES string of the molecule is CC(=O)CC(=O)O.NCCc1cnc[nH]1. The van der Waals surface area contributed by atoms with Crippen LogP contribution in [0.15, 0.2) is 12.5 Å². The number of carboxylic acids is 1. The first-order valence-corrected chi connectivity index (χ1v) is 4.44. The van der Waals surface area contributed by atoms with Crippen LogP contribution >= 0.6 is 0 Å². The van der Waals surface area contributed by atoms with Crippen LogP contribution in [0.3, 0.4) is 0 Å². The van der Waals surface area contributed by atoms with E-state index in [9.17, 15) is 9.59 Å². The van der Waals surface area contributed by atoms with Crippen LogP contribution in [0.25, 0.3) is 0 Å². The number of aromatic nitrogens is 2. The molecule has 15 heavy (non-hydrogen) atoms. The lowest BCUT2D eigenvalue weighted by Gasteiger charge is -1.86. The highest BCUT2D eigenvalue weighted by Crippen LogP contribution is 1.88. The van der Waals surface area contributed by atoms with E-state index in [0.29, 0.717) is 6.54 Å². The van der Waals surface area contributed by atoms with Gasteiger partial charge in [0.15, 0.2) is 0 Å². The summed E-state index contributed by atoms with van der Waals surface area (Å²) in [5, 5.41) is 7.86. The van der Waals surface area contributed by atoms with Gasteiger partial charge in [0.1, 0.15) is 12.2 Å². The average molecular weight is 213 g/mol. The summed E-state index contributed by atoms with van der Waals surface area (Å²) in [7, 11) is 0. The summed E-state index contributed by atoms with van der Waals surface area (Å²) in [5.41, 5.74) is 6.38. The number of rotatable bonds is 4. The van der Waals surface area contributed by atoms with E-state index in [2.05, 4.69) is 9.97 Å². The van der Waals surface area contributed by atoms with Gasteiger partial charge in [0, 0.05) is 18.3 Å². The van der Waals surface area contributed by atoms with Gasteiger partial charge in [-0.05, 0) is 13.5 Å². The van der Waals surface area contributed by atoms with E-state index in [4.69, 9.17) is 10.8 Å². The number of nitrogens with one attached hydrogen (secondary N) is 1. The van der Waals surface area contributed by atoms with Crippen LogP contribution in [-0.4, -0.2) is 33.4 Å². The number of carbonyl (C=O) groups is 2. The van der Waals surface area contributed by atoms with Crippen molar-refractivity contribution in [2.75, 3.05) is 6.54 Å². The van der Waals surface area contributed by atoms with E-state index in [1.165, 1.54) is 6.92 Å². The highest BCUT2D eigenvalue weighted by Gasteiger charge is 1.98. The molecule has 0 saturated heterocycles. The summed E-state index contributed by atoms with van der Waals surface area (Å²) in [4.78, 5) is 26.2. The monoisotopic (exact) mass is 213 g/mol. The Morgan fingerprint density at radius 3 is 2.53 bits per heavy atom. The van der Waals surface area contributed by atoms with E-state index < -0.39 is 5.97 Å². The summed E-state index contributed by atoms with van der Waals surface area (Å²) in [6.45, 7) is 1.93. The fraction of sp³-hybridized carbons (Fsp3) is 0.444. The number of hydrogen-bond donors (Lipinski definition) is 3. The average Bonchev–Trinajstić information content (AvgIpc) is 2.55. The molecule has 1 rings (SSSR count). The number of imidazole rings is 1. The second-order valence-corrected chi connectivity index (χ2v) is 2.89. The van der Waals surface area contributed by atoms with E-state index in [-0.39, 0.29) is 12.2 Å². The van der Waals surface area contributed by atoms with Gasteiger partial charge in [0.2, 0.25) is 0 Å². The molecule has 0 amide bonds. The molecule has 0 fully saturated rings. The smallest absolute Gasteiger partial charge is 0.310 e. The van der Waals surface area contributed by atoms with Crippen molar-refractivity contribution in [1.29, 1.82) is 0 Å². The predicted molar refractivity (Wildman–Crippen MR) is 54.3 cm³/mol. The maximum absolute atomic E-state index is 9.87. The highest BCUT2D eigenvalue weighted by atomic mass is 16.4. The molecule has 0 aliphatic carbocycles. The van der Waals surface area contributed by atoms with Gasteiger partial charge in [-0.15, -0.1) is 0 Å². The maximum Gasteiger partial charge on any atom is 0.310 e. The summed E-state index contributed by atoms with van der Waals surface area (Å²) in [5.74, 6) is -1.37. The van der Waals surface area contributed by atoms with E-state index in [0.717, 1.165) is 12.1 Å². The normalized spacial score (nSPS) is 8.93. The van der Waals surface area contributed by atoms with E-state index in [1.807, 2.05) is 0 Å². The Bertz CT molecular complexity index is 284. The number of H-pyrrole nitrogens is 1. The van der Waals surface area contributed by atoms with Crippen molar-refractivity contribution in [3.63, 3.8) is 0 Å². The first kappa shape index (κ1) is 13.3. The van der Waals surface area contributed by atoms with Crippen LogP contribution in [0, 0.1) is 0 Å². The molecule has 84 valence electrons. The molecule has 4 N–H and O–H groups in total. The first-order valence-electron chi connectivity index (χ1n) is 4.44. The fourth-order valence-corrected chi connectivity index (χ4v) is 0.790. The van der Waals surface area contributed by atoms with Crippen molar-refractivity contribution in [2.24, 2.45) is 5.73 Å². The lowest BCUT2D eigenvalue weighted by atomic mass is 10.3. The molecule has 1 aromatic rings. The molecule has 0 bridgehead atoms. The first-order chi connectivity index (χ1) is 7.06. The van der Waals surface area contributed by atoms with Crippen LogP contribution in [0.2, 0.25) is 0 Å². The Kier molecular flexibility index (Phi) is 6.82. The molecule has 6 nitrogen and oxygen atoms in total. The summed E-state index contributed by atoms with van der Waals surface area (Å²) in [6, 6.07) is 0. The minimum absolute atomic E-state index is 0.312. The third-order valence-corrected chi connectivity index (χ3v) is 1.37. The molecule has 0 aromatic carbocycles. The lowest BCUT2D eigenvalue weighted by molar-refractivity contribution is -0.139. The third kappa shape index (κ3) is 8.63. The molecule has 0 spiro atoms. The number of hydrogen-bond acceptors (Lipinski definition) is 4. The summed E-state index contributed by atoms with van der Waals surface area (Å²) in [6.07, 6.45) is 3.97. The number of carbonyl (C=O) groups excluding carboxylic acids is 1. The zero-order valence-electron chi connectivity index (χ0n) is 8.56. The number of nitrogens with zero attached hydrogens (tertiary/aromatic N) is 1. The van der Waals surface area contributed by atoms with Gasteiger partial charge >= 0.3 is 5.97 Å². The van der Waals surface area contributed by atoms with Gasteiger partial charge < -0.3 is 15.8 Å². The Balaban J connectivity index is 0.000000265. The summed E-state index contributed by atoms with van der Waals surface area (Å²) < 4.78 is 0. The molecular formula is C9H15N3O3. The molecule has 0 aliphatic rings. The minimum Gasteiger partial charge on any atom is -0.481 e. The highest BCUT2D eigenvalue weighted by molar-refractivity contribution is 5.93. The Hall–Kier alpha value is -1.69. The molecule has 1 aromatic heterocycles. The molecule has 0 unspecified atom stereocenters. The number of aromatic amines is 1. The zero-order chi connectivity index (χ0) is 11.7. The number of carboxylic acid groups (broad SMARTS) is 1. The van der Waals surface area contributed by atoms with Crippen LogP contribution in [-0.2, 0) is 16.0 Å². The van der Waals surface area contributed by atoms with Gasteiger partial charge in [-0.3, -0.25) is 9.59 Å². The molecule has 0 saturated carbocycles. The van der Waals surface area contributed by atoms with Gasteiger partial charge in [0.25, 0.3) is 0 Å². The van der Waals surface area contributed by atoms with Crippen molar-refractivity contribution in [1.82, 2.24) is 9.97 Å². The van der Waals surface area contributed by atoms with Crippen molar-refractivity contribution >= 4 is 11.8 Å². The van der Waals surface area contributed by atoms with Gasteiger partial charge in [0.05, 0.1) is 6.33 Å². The standard InChI is InChI=1S/C5H9N3.C4H6O3/c6-2-1-5-3-7-4-8-5;1-3(5)2-4(6)7/h3-4H,1-2,6H2,(H,7,8);2H2,1H3,(H,6,7). The van der Waals surface area contributed by atoms with Crippen LogP contribution < -0.4 is 5.73 Å². The quantitative estimate of drug-likeness (QED) is 0.608. The van der Waals surface area contributed by atoms with Crippen LogP contribution in [0.4, 0.5) is 0 Å². The van der Waals surface area contributed by atoms with Gasteiger partial charge in [-0.1, -0.05) is 0 Å². The van der Waals surface area contributed by atoms with Crippen LogP contribution in [0.1, 0.15) is 19.0 Å². The zero-order valence-corrected chi connectivity index (χ0v) is 8.56. The predicted octanol–water partition coefficient (Wildman–Crippen LogP) is -0.0390.